The van der Waals surface area contributed by atoms with E-state index in [1.807, 2.05) is 34.9 Å². The molecule has 2 aromatic heterocycles. The summed E-state index contributed by atoms with van der Waals surface area (Å²) in [6, 6.07) is 10.3. The van der Waals surface area contributed by atoms with Crippen molar-refractivity contribution in [2.75, 3.05) is 13.1 Å². The Morgan fingerprint density at radius 1 is 1.17 bits per heavy atom. The predicted octanol–water partition coefficient (Wildman–Crippen LogP) is 2.90. The number of hydrogen-bond acceptors (Lipinski definition) is 5. The normalized spacial score (nSPS) is 15.5. The summed E-state index contributed by atoms with van der Waals surface area (Å²) in [6.45, 7) is 1.60. The maximum atomic E-state index is 12.8. The molecule has 7 nitrogen and oxygen atoms in total. The van der Waals surface area contributed by atoms with Gasteiger partial charge >= 0.3 is 0 Å². The number of aromatic nitrogens is 2. The molecule has 0 aliphatic carbocycles. The van der Waals surface area contributed by atoms with E-state index in [2.05, 4.69) is 14.3 Å². The van der Waals surface area contributed by atoms with Crippen LogP contribution in [0.25, 0.3) is 0 Å². The van der Waals surface area contributed by atoms with E-state index < -0.39 is 10.0 Å². The van der Waals surface area contributed by atoms with Crippen molar-refractivity contribution in [3.05, 3.63) is 70.9 Å². The molecule has 1 aromatic carbocycles. The molecule has 1 aliphatic rings. The molecule has 0 bridgehead atoms. The highest BCUT2D eigenvalue weighted by molar-refractivity contribution is 7.89. The van der Waals surface area contributed by atoms with E-state index in [9.17, 15) is 13.2 Å². The monoisotopic (exact) mass is 430 g/mol. The highest BCUT2D eigenvalue weighted by atomic mass is 32.2. The van der Waals surface area contributed by atoms with Crippen molar-refractivity contribution in [3.63, 3.8) is 0 Å². The first kappa shape index (κ1) is 19.8. The van der Waals surface area contributed by atoms with Crippen LogP contribution in [0.4, 0.5) is 0 Å². The number of amides is 1. The van der Waals surface area contributed by atoms with E-state index in [0.717, 1.165) is 17.7 Å². The third-order valence-corrected chi connectivity index (χ3v) is 7.42. The quantitative estimate of drug-likeness (QED) is 0.652. The summed E-state index contributed by atoms with van der Waals surface area (Å²) < 4.78 is 29.6. The number of hydrogen-bond donors (Lipinski definition) is 1. The molecule has 152 valence electrons. The fourth-order valence-electron chi connectivity index (χ4n) is 3.47. The second kappa shape index (κ2) is 8.48. The number of benzene rings is 1. The van der Waals surface area contributed by atoms with Crippen LogP contribution in [0.5, 0.6) is 0 Å². The molecule has 1 N–H and O–H groups in total. The van der Waals surface area contributed by atoms with Crippen LogP contribution >= 0.6 is 11.3 Å². The van der Waals surface area contributed by atoms with Crippen LogP contribution in [-0.4, -0.2) is 41.9 Å². The Hall–Kier alpha value is -2.49. The average Bonchev–Trinajstić information content (AvgIpc) is 3.46. The smallest absolute Gasteiger partial charge is 0.253 e. The van der Waals surface area contributed by atoms with Gasteiger partial charge in [-0.05, 0) is 48.6 Å². The highest BCUT2D eigenvalue weighted by Gasteiger charge is 2.24. The third kappa shape index (κ3) is 4.58. The van der Waals surface area contributed by atoms with Crippen molar-refractivity contribution in [3.8, 4) is 0 Å². The molecule has 3 heterocycles. The first-order chi connectivity index (χ1) is 14.0. The zero-order valence-electron chi connectivity index (χ0n) is 15.8. The maximum absolute atomic E-state index is 12.8. The molecule has 3 aromatic rings. The lowest BCUT2D eigenvalue weighted by molar-refractivity contribution is 0.0694. The molecule has 1 aliphatic heterocycles. The number of likely N-dealkylation sites (tertiary alicyclic amines) is 1. The lowest BCUT2D eigenvalue weighted by atomic mass is 10.0. The molecular formula is C20H22N4O3S2. The molecule has 0 atom stereocenters. The number of piperidine rings is 1. The number of nitrogens with one attached hydrogen (secondary N) is 1. The molecule has 4 rings (SSSR count). The number of carbonyl (C=O) groups excluding carboxylic acids is 1. The first-order valence-electron chi connectivity index (χ1n) is 9.42. The molecule has 0 spiro atoms. The van der Waals surface area contributed by atoms with Crippen LogP contribution < -0.4 is 4.72 Å². The molecular weight excluding hydrogens is 408 g/mol. The van der Waals surface area contributed by atoms with Crippen molar-refractivity contribution < 1.29 is 13.2 Å². The molecule has 0 saturated carbocycles. The van der Waals surface area contributed by atoms with E-state index >= 15 is 0 Å². The summed E-state index contributed by atoms with van der Waals surface area (Å²) in [7, 11) is -3.61. The van der Waals surface area contributed by atoms with Gasteiger partial charge in [0.15, 0.2) is 0 Å². The minimum absolute atomic E-state index is 0.0652. The molecule has 29 heavy (non-hydrogen) atoms. The number of thiophene rings is 1. The number of imidazole rings is 1. The van der Waals surface area contributed by atoms with Crippen LogP contribution in [0.3, 0.4) is 0 Å². The topological polar surface area (TPSA) is 84.3 Å². The summed E-state index contributed by atoms with van der Waals surface area (Å²) >= 11 is 1.50. The second-order valence-corrected chi connectivity index (χ2v) is 9.76. The van der Waals surface area contributed by atoms with Crippen molar-refractivity contribution >= 4 is 27.3 Å². The summed E-state index contributed by atoms with van der Waals surface area (Å²) in [5, 5.41) is 1.91. The second-order valence-electron chi connectivity index (χ2n) is 6.96. The van der Waals surface area contributed by atoms with Crippen molar-refractivity contribution in [1.29, 1.82) is 0 Å². The Morgan fingerprint density at radius 3 is 2.55 bits per heavy atom. The lowest BCUT2D eigenvalue weighted by Crippen LogP contribution is -2.38. The SMILES string of the molecule is O=C(c1ccc(S(=O)(=O)NCc2cccs2)cc1)N1CCC(n2ccnc2)CC1. The number of sulfonamides is 1. The van der Waals surface area contributed by atoms with Gasteiger partial charge in [0.05, 0.1) is 11.2 Å². The summed E-state index contributed by atoms with van der Waals surface area (Å²) in [4.78, 5) is 19.8. The van der Waals surface area contributed by atoms with Gasteiger partial charge in [-0.25, -0.2) is 18.1 Å². The average molecular weight is 431 g/mol. The third-order valence-electron chi connectivity index (χ3n) is 5.13. The fraction of sp³-hybridized carbons (Fsp3) is 0.300. The van der Waals surface area contributed by atoms with Crippen molar-refractivity contribution in [2.24, 2.45) is 0 Å². The first-order valence-corrected chi connectivity index (χ1v) is 11.8. The van der Waals surface area contributed by atoms with E-state index in [0.29, 0.717) is 24.7 Å². The molecule has 1 saturated heterocycles. The van der Waals surface area contributed by atoms with Crippen molar-refractivity contribution in [2.45, 2.75) is 30.3 Å². The Balaban J connectivity index is 1.36. The summed E-state index contributed by atoms with van der Waals surface area (Å²) in [5.74, 6) is -0.0652. The van der Waals surface area contributed by atoms with Gasteiger partial charge in [-0.2, -0.15) is 0 Å². The Morgan fingerprint density at radius 2 is 1.93 bits per heavy atom. The predicted molar refractivity (Wildman–Crippen MR) is 111 cm³/mol. The van der Waals surface area contributed by atoms with Crippen LogP contribution in [0.15, 0.2) is 65.4 Å². The van der Waals surface area contributed by atoms with Gasteiger partial charge in [0.25, 0.3) is 5.91 Å². The van der Waals surface area contributed by atoms with E-state index in [4.69, 9.17) is 0 Å². The molecule has 0 radical (unpaired) electrons. The minimum atomic E-state index is -3.61. The van der Waals surface area contributed by atoms with E-state index in [1.165, 1.54) is 23.5 Å². The fourth-order valence-corrected chi connectivity index (χ4v) is 5.22. The zero-order chi connectivity index (χ0) is 20.3. The van der Waals surface area contributed by atoms with Crippen LogP contribution in [0, 0.1) is 0 Å². The van der Waals surface area contributed by atoms with Crippen LogP contribution in [0.1, 0.15) is 34.1 Å². The molecule has 1 amide bonds. The molecule has 0 unspecified atom stereocenters. The minimum Gasteiger partial charge on any atom is -0.338 e. The highest BCUT2D eigenvalue weighted by Crippen LogP contribution is 2.23. The van der Waals surface area contributed by atoms with E-state index in [1.54, 1.807) is 18.3 Å². The van der Waals surface area contributed by atoms with Crippen LogP contribution in [0.2, 0.25) is 0 Å². The largest absolute Gasteiger partial charge is 0.338 e. The van der Waals surface area contributed by atoms with Gasteiger partial charge in [0.1, 0.15) is 0 Å². The van der Waals surface area contributed by atoms with Gasteiger partial charge in [-0.3, -0.25) is 4.79 Å². The zero-order valence-corrected chi connectivity index (χ0v) is 17.4. The Bertz CT molecular complexity index is 1040. The molecule has 9 heteroatoms. The summed E-state index contributed by atoms with van der Waals surface area (Å²) in [6.07, 6.45) is 7.28. The van der Waals surface area contributed by atoms with Gasteiger partial charge < -0.3 is 9.47 Å². The Labute approximate surface area is 174 Å². The number of carbonyl (C=O) groups is 1. The van der Waals surface area contributed by atoms with Crippen LogP contribution in [-0.2, 0) is 16.6 Å². The maximum Gasteiger partial charge on any atom is 0.253 e. The standard InChI is InChI=1S/C20H22N4O3S2/c25-20(23-10-7-17(8-11-23)24-12-9-21-15-24)16-3-5-19(6-4-16)29(26,27)22-14-18-2-1-13-28-18/h1-6,9,12-13,15,17,22H,7-8,10-11,14H2. The van der Waals surface area contributed by atoms with E-state index in [-0.39, 0.29) is 17.3 Å². The lowest BCUT2D eigenvalue weighted by Gasteiger charge is -2.32. The molecule has 1 fully saturated rings. The van der Waals surface area contributed by atoms with Gasteiger partial charge in [-0.15, -0.1) is 11.3 Å². The summed E-state index contributed by atoms with van der Waals surface area (Å²) in [5.41, 5.74) is 0.503. The van der Waals surface area contributed by atoms with Gasteiger partial charge in [0.2, 0.25) is 10.0 Å². The number of nitrogens with zero attached hydrogens (tertiary/aromatic N) is 3. The van der Waals surface area contributed by atoms with Crippen molar-refractivity contribution in [1.82, 2.24) is 19.2 Å². The van der Waals surface area contributed by atoms with Gasteiger partial charge in [0, 0.05) is 48.5 Å². The Kier molecular flexibility index (Phi) is 5.79. The van der Waals surface area contributed by atoms with Gasteiger partial charge in [-0.1, -0.05) is 6.07 Å². The number of rotatable bonds is 6.